The zero-order chi connectivity index (χ0) is 26.9. The molecule has 1 aliphatic carbocycles. The molecule has 7 rings (SSSR count). The molecule has 0 radical (unpaired) electrons. The Morgan fingerprint density at radius 3 is 1.60 bits per heavy atom. The molecule has 5 aromatic carbocycles. The summed E-state index contributed by atoms with van der Waals surface area (Å²) in [7, 11) is 0. The van der Waals surface area contributed by atoms with Crippen LogP contribution in [0.4, 0.5) is 0 Å². The standard InChI is InChI=1S/C37H27N3/c1-37(33-31-20-10-8-17-29(31)25-30-18-9-11-21-32(30)33)23-12-19-28(22-24-37)36-39-34(26-13-4-2-5-14-26)38-35(40-36)27-15-6-3-7-16-27/h2-25H,1H3. The summed E-state index contributed by atoms with van der Waals surface area (Å²) in [5, 5.41) is 5.02. The average molecular weight is 514 g/mol. The van der Waals surface area contributed by atoms with Gasteiger partial charge in [0.1, 0.15) is 0 Å². The molecule has 0 bridgehead atoms. The first kappa shape index (κ1) is 23.9. The lowest BCUT2D eigenvalue weighted by Gasteiger charge is -2.26. The molecule has 0 spiro atoms. The molecule has 0 fully saturated rings. The maximum Gasteiger partial charge on any atom is 0.164 e. The zero-order valence-corrected chi connectivity index (χ0v) is 22.2. The summed E-state index contributed by atoms with van der Waals surface area (Å²) in [6.07, 6.45) is 11.0. The molecule has 190 valence electrons. The molecule has 0 amide bonds. The van der Waals surface area contributed by atoms with Gasteiger partial charge in [0.15, 0.2) is 17.5 Å². The second-order valence-corrected chi connectivity index (χ2v) is 10.3. The van der Waals surface area contributed by atoms with Crippen LogP contribution in [0.3, 0.4) is 0 Å². The quantitative estimate of drug-likeness (QED) is 0.221. The van der Waals surface area contributed by atoms with Crippen molar-refractivity contribution < 1.29 is 0 Å². The van der Waals surface area contributed by atoms with E-state index in [0.29, 0.717) is 17.5 Å². The zero-order valence-electron chi connectivity index (χ0n) is 22.2. The summed E-state index contributed by atoms with van der Waals surface area (Å²) in [5.74, 6) is 1.98. The summed E-state index contributed by atoms with van der Waals surface area (Å²) in [5.41, 5.74) is 3.83. The lowest BCUT2D eigenvalue weighted by atomic mass is 9.77. The first-order valence-corrected chi connectivity index (χ1v) is 13.5. The predicted octanol–water partition coefficient (Wildman–Crippen LogP) is 8.98. The highest BCUT2D eigenvalue weighted by Crippen LogP contribution is 2.40. The Labute approximate surface area is 233 Å². The molecule has 0 aliphatic heterocycles. The average Bonchev–Trinajstić information content (AvgIpc) is 3.22. The van der Waals surface area contributed by atoms with E-state index in [-0.39, 0.29) is 5.41 Å². The number of nitrogens with zero attached hydrogens (tertiary/aromatic N) is 3. The van der Waals surface area contributed by atoms with Gasteiger partial charge in [0.25, 0.3) is 0 Å². The topological polar surface area (TPSA) is 38.7 Å². The summed E-state index contributed by atoms with van der Waals surface area (Å²) in [6.45, 7) is 2.28. The van der Waals surface area contributed by atoms with Gasteiger partial charge < -0.3 is 0 Å². The minimum Gasteiger partial charge on any atom is -0.208 e. The van der Waals surface area contributed by atoms with E-state index in [1.54, 1.807) is 0 Å². The van der Waals surface area contributed by atoms with Crippen LogP contribution in [0.1, 0.15) is 18.3 Å². The monoisotopic (exact) mass is 513 g/mol. The Morgan fingerprint density at radius 2 is 1.02 bits per heavy atom. The van der Waals surface area contributed by atoms with Gasteiger partial charge in [-0.1, -0.05) is 140 Å². The van der Waals surface area contributed by atoms with Gasteiger partial charge in [-0.15, -0.1) is 0 Å². The largest absolute Gasteiger partial charge is 0.208 e. The SMILES string of the molecule is CC1(c2c3ccccc3cc3ccccc23)C=CC=C(c2nc(-c3ccccc3)nc(-c3ccccc3)n2)C=C1. The molecule has 1 heterocycles. The predicted molar refractivity (Wildman–Crippen MR) is 166 cm³/mol. The molecule has 0 N–H and O–H groups in total. The molecule has 1 aromatic heterocycles. The van der Waals surface area contributed by atoms with Crippen molar-refractivity contribution in [2.24, 2.45) is 0 Å². The Balaban J connectivity index is 1.37. The first-order chi connectivity index (χ1) is 19.7. The molecular formula is C37H27N3. The van der Waals surface area contributed by atoms with Crippen molar-refractivity contribution >= 4 is 27.1 Å². The van der Waals surface area contributed by atoms with Crippen LogP contribution in [0.25, 0.3) is 49.9 Å². The number of aromatic nitrogens is 3. The van der Waals surface area contributed by atoms with Crippen molar-refractivity contribution in [3.8, 4) is 22.8 Å². The van der Waals surface area contributed by atoms with E-state index in [9.17, 15) is 0 Å². The number of rotatable bonds is 4. The van der Waals surface area contributed by atoms with Crippen LogP contribution in [0.5, 0.6) is 0 Å². The highest BCUT2D eigenvalue weighted by atomic mass is 15.0. The number of hydrogen-bond donors (Lipinski definition) is 0. The highest BCUT2D eigenvalue weighted by molar-refractivity contribution is 6.03. The first-order valence-electron chi connectivity index (χ1n) is 13.5. The van der Waals surface area contributed by atoms with Crippen LogP contribution < -0.4 is 0 Å². The van der Waals surface area contributed by atoms with Gasteiger partial charge >= 0.3 is 0 Å². The van der Waals surface area contributed by atoms with E-state index in [0.717, 1.165) is 16.7 Å². The second-order valence-electron chi connectivity index (χ2n) is 10.3. The molecule has 0 saturated carbocycles. The summed E-state index contributed by atoms with van der Waals surface area (Å²) >= 11 is 0. The van der Waals surface area contributed by atoms with Gasteiger partial charge in [0.05, 0.1) is 0 Å². The van der Waals surface area contributed by atoms with E-state index in [2.05, 4.69) is 91.9 Å². The third-order valence-corrected chi connectivity index (χ3v) is 7.59. The Morgan fingerprint density at radius 1 is 0.525 bits per heavy atom. The van der Waals surface area contributed by atoms with Gasteiger partial charge in [-0.3, -0.25) is 0 Å². The number of hydrogen-bond acceptors (Lipinski definition) is 3. The summed E-state index contributed by atoms with van der Waals surface area (Å²) in [4.78, 5) is 14.7. The van der Waals surface area contributed by atoms with E-state index >= 15 is 0 Å². The minimum absolute atomic E-state index is 0.337. The Bertz CT molecular complexity index is 1840. The maximum atomic E-state index is 4.94. The molecule has 1 atom stereocenters. The fourth-order valence-corrected chi connectivity index (χ4v) is 5.57. The number of benzene rings is 5. The van der Waals surface area contributed by atoms with Crippen molar-refractivity contribution in [2.45, 2.75) is 12.3 Å². The van der Waals surface area contributed by atoms with Gasteiger partial charge in [-0.2, -0.15) is 0 Å². The molecular weight excluding hydrogens is 486 g/mol. The molecule has 1 aliphatic rings. The third kappa shape index (κ3) is 4.32. The Hall–Kier alpha value is -5.15. The summed E-state index contributed by atoms with van der Waals surface area (Å²) in [6, 6.07) is 39.8. The van der Waals surface area contributed by atoms with Gasteiger partial charge in [0, 0.05) is 22.1 Å². The number of fused-ring (bicyclic) bond motifs is 2. The lowest BCUT2D eigenvalue weighted by molar-refractivity contribution is 0.775. The van der Waals surface area contributed by atoms with Crippen molar-refractivity contribution in [2.75, 3.05) is 0 Å². The van der Waals surface area contributed by atoms with Gasteiger partial charge in [0.2, 0.25) is 0 Å². The van der Waals surface area contributed by atoms with Crippen LogP contribution in [0.2, 0.25) is 0 Å². The maximum absolute atomic E-state index is 4.94. The van der Waals surface area contributed by atoms with Crippen LogP contribution in [-0.2, 0) is 5.41 Å². The van der Waals surface area contributed by atoms with E-state index in [1.165, 1.54) is 27.1 Å². The lowest BCUT2D eigenvalue weighted by Crippen LogP contribution is -2.16. The van der Waals surface area contributed by atoms with Crippen LogP contribution in [-0.4, -0.2) is 15.0 Å². The van der Waals surface area contributed by atoms with Crippen molar-refractivity contribution in [3.05, 3.63) is 157 Å². The fourth-order valence-electron chi connectivity index (χ4n) is 5.57. The fraction of sp³-hybridized carbons (Fsp3) is 0.0541. The molecule has 3 heteroatoms. The Kier molecular flexibility index (Phi) is 5.90. The van der Waals surface area contributed by atoms with Crippen molar-refractivity contribution in [1.29, 1.82) is 0 Å². The van der Waals surface area contributed by atoms with E-state index in [1.807, 2.05) is 60.7 Å². The van der Waals surface area contributed by atoms with Crippen molar-refractivity contribution in [1.82, 2.24) is 15.0 Å². The van der Waals surface area contributed by atoms with Crippen LogP contribution >= 0.6 is 0 Å². The van der Waals surface area contributed by atoms with Crippen molar-refractivity contribution in [3.63, 3.8) is 0 Å². The minimum atomic E-state index is -0.337. The molecule has 40 heavy (non-hydrogen) atoms. The van der Waals surface area contributed by atoms with E-state index < -0.39 is 0 Å². The van der Waals surface area contributed by atoms with Gasteiger partial charge in [-0.05, 0) is 40.1 Å². The third-order valence-electron chi connectivity index (χ3n) is 7.59. The normalized spacial score (nSPS) is 16.7. The highest BCUT2D eigenvalue weighted by Gasteiger charge is 2.26. The van der Waals surface area contributed by atoms with Crippen LogP contribution in [0, 0.1) is 0 Å². The second kappa shape index (κ2) is 9.87. The summed E-state index contributed by atoms with van der Waals surface area (Å²) < 4.78 is 0. The molecule has 0 saturated heterocycles. The van der Waals surface area contributed by atoms with Crippen LogP contribution in [0.15, 0.2) is 146 Å². The smallest absolute Gasteiger partial charge is 0.164 e. The number of allylic oxidation sites excluding steroid dienone is 6. The molecule has 3 nitrogen and oxygen atoms in total. The van der Waals surface area contributed by atoms with Gasteiger partial charge in [-0.25, -0.2) is 15.0 Å². The van der Waals surface area contributed by atoms with E-state index in [4.69, 9.17) is 15.0 Å². The molecule has 6 aromatic rings. The molecule has 1 unspecified atom stereocenters.